The van der Waals surface area contributed by atoms with E-state index in [2.05, 4.69) is 10.3 Å². The van der Waals surface area contributed by atoms with Gasteiger partial charge in [0.05, 0.1) is 43.0 Å². The molecule has 1 aliphatic heterocycles. The minimum Gasteiger partial charge on any atom is -0.487 e. The van der Waals surface area contributed by atoms with Crippen LogP contribution in [0.5, 0.6) is 5.75 Å². The third kappa shape index (κ3) is 8.29. The molecule has 2 atom stereocenters. The Morgan fingerprint density at radius 2 is 1.72 bits per heavy atom. The van der Waals surface area contributed by atoms with Gasteiger partial charge in [0.25, 0.3) is 0 Å². The maximum atomic E-state index is 12.6. The Kier molecular flexibility index (Phi) is 11.0. The van der Waals surface area contributed by atoms with Gasteiger partial charge in [0.15, 0.2) is 0 Å². The number of aromatic carboxylic acids is 1. The number of nitrogens with zero attached hydrogens (tertiary/aromatic N) is 4. The number of aromatic nitrogens is 3. The van der Waals surface area contributed by atoms with Gasteiger partial charge in [-0.05, 0) is 90.9 Å². The van der Waals surface area contributed by atoms with Crippen molar-refractivity contribution in [3.8, 4) is 16.9 Å². The summed E-state index contributed by atoms with van der Waals surface area (Å²) in [6, 6.07) is 27.2. The number of carboxylic acids is 2. The molecule has 53 heavy (non-hydrogen) atoms. The van der Waals surface area contributed by atoms with E-state index in [-0.39, 0.29) is 31.4 Å². The fourth-order valence-electron chi connectivity index (χ4n) is 6.37. The molecular weight excluding hydrogens is 697 g/mol. The molecule has 0 spiro atoms. The molecule has 1 unspecified atom stereocenters. The summed E-state index contributed by atoms with van der Waals surface area (Å²) >= 11 is 0. The Labute approximate surface area is 310 Å². The first-order valence-corrected chi connectivity index (χ1v) is 18.8. The van der Waals surface area contributed by atoms with E-state index < -0.39 is 34.2 Å². The van der Waals surface area contributed by atoms with Crippen molar-refractivity contribution in [2.45, 2.75) is 70.9 Å². The summed E-state index contributed by atoms with van der Waals surface area (Å²) in [6.07, 6.45) is 1.29. The summed E-state index contributed by atoms with van der Waals surface area (Å²) in [5, 5.41) is 28.1. The molecule has 278 valence electrons. The van der Waals surface area contributed by atoms with Gasteiger partial charge < -0.3 is 19.7 Å². The number of benzene rings is 4. The second-order valence-electron chi connectivity index (χ2n) is 13.8. The molecule has 2 heterocycles. The van der Waals surface area contributed by atoms with Gasteiger partial charge in [-0.3, -0.25) is 13.9 Å². The standard InChI is InChI=1S/C40H44N4O8S/c1-5-34-24-44(53(49,50)36-12-7-6-11-35(36)52-34)22-32-20-31(14-13-26(32)2)37(40(3,4)39(47)48)51-25-33-23-43(42-41-33)21-27-9-8-10-30(19-27)28-15-17-29(18-16-28)38(45)46/h6-20,23,34,37,49-50H,5,21-22,24-25H2,1-4H3,(H,45,46)(H,47,48)/t34-,37?/m1/s1. The molecule has 1 aliphatic rings. The second-order valence-corrected chi connectivity index (χ2v) is 15.8. The predicted octanol–water partition coefficient (Wildman–Crippen LogP) is 8.07. The Bertz CT molecular complexity index is 2100. The molecule has 0 saturated heterocycles. The van der Waals surface area contributed by atoms with Gasteiger partial charge in [-0.15, -0.1) is 15.9 Å². The number of rotatable bonds is 13. The SMILES string of the molecule is CC[C@@H]1CN(Cc2cc(C(OCc3cn(Cc4cccc(-c5ccc(C(=O)O)cc5)c4)nn3)C(C)(C)C(=O)O)ccc2C)S(O)(O)c2ccccc2O1. The van der Waals surface area contributed by atoms with Crippen molar-refractivity contribution < 1.29 is 38.4 Å². The molecule has 0 saturated carbocycles. The normalized spacial score (nSPS) is 16.9. The van der Waals surface area contributed by atoms with Crippen molar-refractivity contribution in [3.05, 3.63) is 131 Å². The van der Waals surface area contributed by atoms with Crippen LogP contribution in [0.2, 0.25) is 0 Å². The van der Waals surface area contributed by atoms with E-state index >= 15 is 0 Å². The molecule has 12 nitrogen and oxygen atoms in total. The molecule has 4 N–H and O–H groups in total. The fourth-order valence-corrected chi connectivity index (χ4v) is 7.99. The first-order chi connectivity index (χ1) is 25.3. The minimum absolute atomic E-state index is 0.000477. The third-order valence-electron chi connectivity index (χ3n) is 9.61. The Morgan fingerprint density at radius 1 is 0.962 bits per heavy atom. The first kappa shape index (κ1) is 37.7. The summed E-state index contributed by atoms with van der Waals surface area (Å²) in [5.41, 5.74) is 4.53. The lowest BCUT2D eigenvalue weighted by atomic mass is 9.81. The quantitative estimate of drug-likeness (QED) is 0.0922. The highest BCUT2D eigenvalue weighted by atomic mass is 32.3. The molecule has 6 rings (SSSR count). The summed E-state index contributed by atoms with van der Waals surface area (Å²) in [4.78, 5) is 24.2. The maximum absolute atomic E-state index is 12.6. The number of ether oxygens (including phenoxy) is 2. The van der Waals surface area contributed by atoms with Crippen molar-refractivity contribution >= 4 is 22.7 Å². The maximum Gasteiger partial charge on any atom is 0.335 e. The van der Waals surface area contributed by atoms with Crippen LogP contribution in [-0.2, 0) is 29.2 Å². The highest BCUT2D eigenvalue weighted by molar-refractivity contribution is 8.22. The van der Waals surface area contributed by atoms with Crippen molar-refractivity contribution in [2.24, 2.45) is 5.41 Å². The van der Waals surface area contributed by atoms with Crippen molar-refractivity contribution in [2.75, 3.05) is 6.54 Å². The molecule has 1 aromatic heterocycles. The molecule has 5 aromatic rings. The molecule has 0 radical (unpaired) electrons. The summed E-state index contributed by atoms with van der Waals surface area (Å²) < 4.78 is 39.0. The van der Waals surface area contributed by atoms with Gasteiger partial charge in [0.1, 0.15) is 22.4 Å². The van der Waals surface area contributed by atoms with Crippen LogP contribution in [0.1, 0.15) is 71.6 Å². The van der Waals surface area contributed by atoms with Crippen LogP contribution in [0.4, 0.5) is 0 Å². The molecular formula is C40H44N4O8S. The van der Waals surface area contributed by atoms with E-state index in [9.17, 15) is 28.9 Å². The van der Waals surface area contributed by atoms with Crippen LogP contribution in [0.3, 0.4) is 0 Å². The number of hydrogen-bond donors (Lipinski definition) is 4. The molecule has 13 heteroatoms. The average Bonchev–Trinajstić information content (AvgIpc) is 3.54. The third-order valence-corrected chi connectivity index (χ3v) is 11.5. The van der Waals surface area contributed by atoms with Crippen molar-refractivity contribution in [3.63, 3.8) is 0 Å². The van der Waals surface area contributed by atoms with E-state index in [0.717, 1.165) is 27.8 Å². The smallest absolute Gasteiger partial charge is 0.335 e. The monoisotopic (exact) mass is 740 g/mol. The number of carboxylic acid groups (broad SMARTS) is 2. The van der Waals surface area contributed by atoms with Crippen LogP contribution in [-0.4, -0.2) is 63.2 Å². The van der Waals surface area contributed by atoms with E-state index in [4.69, 9.17) is 9.47 Å². The number of carbonyl (C=O) groups is 2. The zero-order valence-electron chi connectivity index (χ0n) is 30.0. The largest absolute Gasteiger partial charge is 0.487 e. The molecule has 4 aromatic carbocycles. The van der Waals surface area contributed by atoms with E-state index in [1.807, 2.05) is 62.4 Å². The number of fused-ring (bicyclic) bond motifs is 1. The lowest BCUT2D eigenvalue weighted by molar-refractivity contribution is -0.158. The second kappa shape index (κ2) is 15.5. The lowest BCUT2D eigenvalue weighted by Crippen LogP contribution is -2.35. The van der Waals surface area contributed by atoms with Crippen molar-refractivity contribution in [1.82, 2.24) is 19.3 Å². The molecule has 0 aliphatic carbocycles. The number of aliphatic carboxylic acids is 1. The summed E-state index contributed by atoms with van der Waals surface area (Å²) in [5.74, 6) is -1.55. The van der Waals surface area contributed by atoms with Crippen LogP contribution < -0.4 is 4.74 Å². The molecule has 0 bridgehead atoms. The van der Waals surface area contributed by atoms with E-state index in [1.165, 1.54) is 0 Å². The Morgan fingerprint density at radius 3 is 2.43 bits per heavy atom. The summed E-state index contributed by atoms with van der Waals surface area (Å²) in [7, 11) is -3.39. The van der Waals surface area contributed by atoms with Crippen LogP contribution in [0.25, 0.3) is 11.1 Å². The minimum atomic E-state index is -3.39. The van der Waals surface area contributed by atoms with E-state index in [0.29, 0.717) is 34.9 Å². The van der Waals surface area contributed by atoms with Gasteiger partial charge in [0.2, 0.25) is 0 Å². The zero-order chi connectivity index (χ0) is 37.9. The Hall–Kier alpha value is -5.05. The van der Waals surface area contributed by atoms with Gasteiger partial charge in [-0.1, -0.05) is 72.8 Å². The summed E-state index contributed by atoms with van der Waals surface area (Å²) in [6.45, 7) is 8.06. The van der Waals surface area contributed by atoms with Gasteiger partial charge in [-0.2, -0.15) is 4.31 Å². The number of aryl methyl sites for hydroxylation is 1. The average molecular weight is 741 g/mol. The zero-order valence-corrected chi connectivity index (χ0v) is 30.9. The lowest BCUT2D eigenvalue weighted by Gasteiger charge is -2.42. The first-order valence-electron chi connectivity index (χ1n) is 17.3. The van der Waals surface area contributed by atoms with Gasteiger partial charge >= 0.3 is 11.9 Å². The molecule has 0 fully saturated rings. The van der Waals surface area contributed by atoms with Gasteiger partial charge in [-0.25, -0.2) is 9.48 Å². The van der Waals surface area contributed by atoms with E-state index in [1.54, 1.807) is 71.5 Å². The highest BCUT2D eigenvalue weighted by Crippen LogP contribution is 2.57. The van der Waals surface area contributed by atoms with Crippen LogP contribution >= 0.6 is 10.8 Å². The van der Waals surface area contributed by atoms with Crippen molar-refractivity contribution in [1.29, 1.82) is 0 Å². The van der Waals surface area contributed by atoms with Crippen LogP contribution in [0.15, 0.2) is 102 Å². The molecule has 0 amide bonds. The number of hydrogen-bond acceptors (Lipinski definition) is 9. The predicted molar refractivity (Wildman–Crippen MR) is 201 cm³/mol. The Balaban J connectivity index is 1.20. The van der Waals surface area contributed by atoms with Crippen LogP contribution in [0, 0.1) is 12.3 Å². The topological polar surface area (TPSA) is 167 Å². The highest BCUT2D eigenvalue weighted by Gasteiger charge is 2.40. The van der Waals surface area contributed by atoms with Gasteiger partial charge in [0, 0.05) is 6.54 Å². The fraction of sp³-hybridized carbons (Fsp3) is 0.300. The number of para-hydroxylation sites is 1.